The zero-order valence-corrected chi connectivity index (χ0v) is 18.6. The molecule has 0 saturated carbocycles. The minimum Gasteiger partial charge on any atom is -0.449 e. The molecule has 0 aliphatic heterocycles. The molecule has 6 nitrogen and oxygen atoms in total. The Morgan fingerprint density at radius 1 is 1.13 bits per heavy atom. The molecule has 4 rings (SSSR count). The molecule has 0 aliphatic rings. The fraction of sp³-hybridized carbons (Fsp3) is 0.227. The number of nitrogens with zero attached hydrogens (tertiary/aromatic N) is 2. The second kappa shape index (κ2) is 8.31. The van der Waals surface area contributed by atoms with E-state index in [2.05, 4.69) is 27.2 Å². The predicted molar refractivity (Wildman–Crippen MR) is 120 cm³/mol. The van der Waals surface area contributed by atoms with E-state index >= 15 is 0 Å². The minimum atomic E-state index is -3.64. The highest BCUT2D eigenvalue weighted by Gasteiger charge is 2.22. The van der Waals surface area contributed by atoms with Crippen LogP contribution in [-0.4, -0.2) is 38.9 Å². The Morgan fingerprint density at radius 3 is 2.53 bits per heavy atom. The third kappa shape index (κ3) is 4.17. The number of likely N-dealkylation sites (N-methyl/N-ethyl adjacent to an activating group) is 1. The molecule has 0 spiro atoms. The molecule has 0 radical (unpaired) electrons. The van der Waals surface area contributed by atoms with Crippen molar-refractivity contribution in [2.75, 3.05) is 20.6 Å². The number of sulfonamides is 1. The minimum absolute atomic E-state index is 0.0756. The van der Waals surface area contributed by atoms with E-state index in [0.29, 0.717) is 11.6 Å². The number of aryl methyl sites for hydroxylation is 1. The lowest BCUT2D eigenvalue weighted by Gasteiger charge is -2.24. The summed E-state index contributed by atoms with van der Waals surface area (Å²) in [5, 5.41) is 3.27. The fourth-order valence-electron chi connectivity index (χ4n) is 3.40. The first-order valence-electron chi connectivity index (χ1n) is 9.50. The molecule has 156 valence electrons. The van der Waals surface area contributed by atoms with Crippen LogP contribution >= 0.6 is 11.3 Å². The number of hydrogen-bond acceptors (Lipinski definition) is 6. The van der Waals surface area contributed by atoms with Crippen LogP contribution in [0.1, 0.15) is 17.5 Å². The van der Waals surface area contributed by atoms with Crippen LogP contribution in [0.15, 0.2) is 69.5 Å². The predicted octanol–water partition coefficient (Wildman–Crippen LogP) is 4.45. The third-order valence-corrected chi connectivity index (χ3v) is 7.46. The third-order valence-electron chi connectivity index (χ3n) is 5.04. The molecular formula is C22H23N3O3S2. The van der Waals surface area contributed by atoms with Crippen molar-refractivity contribution in [1.29, 1.82) is 0 Å². The quantitative estimate of drug-likeness (QED) is 0.459. The lowest BCUT2D eigenvalue weighted by Crippen LogP contribution is -2.34. The summed E-state index contributed by atoms with van der Waals surface area (Å²) >= 11 is 1.67. The summed E-state index contributed by atoms with van der Waals surface area (Å²) < 4.78 is 35.0. The van der Waals surface area contributed by atoms with Crippen LogP contribution in [0.2, 0.25) is 0 Å². The van der Waals surface area contributed by atoms with E-state index in [4.69, 9.17) is 4.42 Å². The summed E-state index contributed by atoms with van der Waals surface area (Å²) in [5.74, 6) is 0.569. The summed E-state index contributed by atoms with van der Waals surface area (Å²) in [4.78, 5) is 6.52. The van der Waals surface area contributed by atoms with Gasteiger partial charge in [0.1, 0.15) is 12.0 Å². The van der Waals surface area contributed by atoms with E-state index in [0.717, 1.165) is 16.5 Å². The maximum atomic E-state index is 12.9. The van der Waals surface area contributed by atoms with Crippen molar-refractivity contribution in [3.05, 3.63) is 71.6 Å². The van der Waals surface area contributed by atoms with Crippen molar-refractivity contribution in [2.24, 2.45) is 0 Å². The molecule has 1 N–H and O–H groups in total. The summed E-state index contributed by atoms with van der Waals surface area (Å²) in [7, 11) is 0.273. The topological polar surface area (TPSA) is 75.4 Å². The van der Waals surface area contributed by atoms with E-state index < -0.39 is 10.0 Å². The van der Waals surface area contributed by atoms with Gasteiger partial charge in [0.05, 0.1) is 4.90 Å². The highest BCUT2D eigenvalue weighted by molar-refractivity contribution is 7.89. The molecular weight excluding hydrogens is 418 g/mol. The maximum absolute atomic E-state index is 12.9. The van der Waals surface area contributed by atoms with Gasteiger partial charge in [-0.15, -0.1) is 11.3 Å². The normalized spacial score (nSPS) is 13.2. The van der Waals surface area contributed by atoms with Crippen LogP contribution in [0.3, 0.4) is 0 Å². The molecule has 2 aromatic heterocycles. The molecule has 2 aromatic carbocycles. The number of fused-ring (bicyclic) bond motifs is 1. The van der Waals surface area contributed by atoms with Gasteiger partial charge in [0.15, 0.2) is 5.89 Å². The molecule has 0 fully saturated rings. The number of nitrogens with one attached hydrogen (secondary N) is 1. The van der Waals surface area contributed by atoms with Crippen molar-refractivity contribution < 1.29 is 12.8 Å². The van der Waals surface area contributed by atoms with E-state index in [9.17, 15) is 8.42 Å². The largest absolute Gasteiger partial charge is 0.449 e. The highest BCUT2D eigenvalue weighted by Crippen LogP contribution is 2.32. The first-order chi connectivity index (χ1) is 14.3. The van der Waals surface area contributed by atoms with Crippen LogP contribution < -0.4 is 4.72 Å². The van der Waals surface area contributed by atoms with Gasteiger partial charge in [-0.25, -0.2) is 18.1 Å². The maximum Gasteiger partial charge on any atom is 0.240 e. The second-order valence-electron chi connectivity index (χ2n) is 7.29. The molecule has 0 saturated heterocycles. The van der Waals surface area contributed by atoms with Crippen LogP contribution in [0.25, 0.3) is 21.3 Å². The summed E-state index contributed by atoms with van der Waals surface area (Å²) in [5.41, 5.74) is 2.61. The van der Waals surface area contributed by atoms with E-state index in [-0.39, 0.29) is 17.5 Å². The van der Waals surface area contributed by atoms with Crippen LogP contribution in [0.5, 0.6) is 0 Å². The Kier molecular flexibility index (Phi) is 5.75. The number of thiophene rings is 1. The molecule has 0 bridgehead atoms. The van der Waals surface area contributed by atoms with Gasteiger partial charge >= 0.3 is 0 Å². The highest BCUT2D eigenvalue weighted by atomic mass is 32.2. The fourth-order valence-corrected chi connectivity index (χ4v) is 5.45. The summed E-state index contributed by atoms with van der Waals surface area (Å²) in [6, 6.07) is 14.8. The van der Waals surface area contributed by atoms with Crippen molar-refractivity contribution in [1.82, 2.24) is 14.6 Å². The molecule has 0 amide bonds. The Hall–Kier alpha value is -2.52. The van der Waals surface area contributed by atoms with Gasteiger partial charge in [-0.05, 0) is 48.6 Å². The first kappa shape index (κ1) is 20.7. The van der Waals surface area contributed by atoms with Gasteiger partial charge in [-0.3, -0.25) is 0 Å². The number of benzene rings is 2. The molecule has 1 atom stereocenters. The SMILES string of the molecule is Cc1nc(-c2ccc(S(=O)(=O)NCC(c3csc4ccccc34)N(C)C)cc2)co1. The Bertz CT molecular complexity index is 1260. The molecule has 8 heteroatoms. The van der Waals surface area contributed by atoms with Gasteiger partial charge in [-0.1, -0.05) is 30.3 Å². The van der Waals surface area contributed by atoms with Crippen molar-refractivity contribution in [2.45, 2.75) is 17.9 Å². The lowest BCUT2D eigenvalue weighted by atomic mass is 10.1. The van der Waals surface area contributed by atoms with Crippen LogP contribution in [0, 0.1) is 6.92 Å². The average Bonchev–Trinajstić information content (AvgIpc) is 3.35. The molecule has 2 heterocycles. The van der Waals surface area contributed by atoms with Crippen molar-refractivity contribution in [3.63, 3.8) is 0 Å². The molecule has 30 heavy (non-hydrogen) atoms. The van der Waals surface area contributed by atoms with E-state index in [1.807, 2.05) is 31.1 Å². The van der Waals surface area contributed by atoms with Gasteiger partial charge < -0.3 is 9.32 Å². The van der Waals surface area contributed by atoms with Gasteiger partial charge in [-0.2, -0.15) is 0 Å². The van der Waals surface area contributed by atoms with Crippen LogP contribution in [-0.2, 0) is 10.0 Å². The Labute approximate surface area is 180 Å². The Morgan fingerprint density at radius 2 is 1.87 bits per heavy atom. The lowest BCUT2D eigenvalue weighted by molar-refractivity contribution is 0.301. The molecule has 4 aromatic rings. The van der Waals surface area contributed by atoms with Crippen LogP contribution in [0.4, 0.5) is 0 Å². The smallest absolute Gasteiger partial charge is 0.240 e. The number of rotatable bonds is 7. The summed E-state index contributed by atoms with van der Waals surface area (Å²) in [6.07, 6.45) is 1.56. The van der Waals surface area contributed by atoms with E-state index in [1.165, 1.54) is 4.70 Å². The van der Waals surface area contributed by atoms with Crippen molar-refractivity contribution in [3.8, 4) is 11.3 Å². The second-order valence-corrected chi connectivity index (χ2v) is 9.97. The first-order valence-corrected chi connectivity index (χ1v) is 11.9. The molecule has 0 aliphatic carbocycles. The number of hydrogen-bond donors (Lipinski definition) is 1. The summed E-state index contributed by atoms with van der Waals surface area (Å²) in [6.45, 7) is 2.05. The van der Waals surface area contributed by atoms with Gasteiger partial charge in [0.2, 0.25) is 10.0 Å². The zero-order valence-electron chi connectivity index (χ0n) is 17.0. The number of oxazole rings is 1. The Balaban J connectivity index is 1.53. The standard InChI is InChI=1S/C22H23N3O3S2/c1-15-24-20(13-28-15)16-8-10-17(11-9-16)30(26,27)23-12-21(25(2)3)19-14-29-22-7-5-4-6-18(19)22/h4-11,13-14,21,23H,12H2,1-3H3. The van der Waals surface area contributed by atoms with Gasteiger partial charge in [0.25, 0.3) is 0 Å². The van der Waals surface area contributed by atoms with E-state index in [1.54, 1.807) is 48.8 Å². The van der Waals surface area contributed by atoms with Crippen molar-refractivity contribution >= 4 is 31.4 Å². The number of aromatic nitrogens is 1. The molecule has 1 unspecified atom stereocenters. The monoisotopic (exact) mass is 441 g/mol. The average molecular weight is 442 g/mol. The van der Waals surface area contributed by atoms with Gasteiger partial charge in [0, 0.05) is 29.8 Å². The zero-order chi connectivity index (χ0) is 21.3.